The monoisotopic (exact) mass is 711 g/mol. The number of carbonyl (C=O) groups excluding carboxylic acids is 1. The molecule has 4 rings (SSSR count). The van der Waals surface area contributed by atoms with Gasteiger partial charge in [-0.25, -0.2) is 21.6 Å². The fourth-order valence-electron chi connectivity index (χ4n) is 5.48. The van der Waals surface area contributed by atoms with Crippen LogP contribution >= 0.6 is 0 Å². The van der Waals surface area contributed by atoms with Crippen LogP contribution in [-0.4, -0.2) is 66.3 Å². The lowest BCUT2D eigenvalue weighted by molar-refractivity contribution is -0.164. The predicted octanol–water partition coefficient (Wildman–Crippen LogP) is 4.45. The van der Waals surface area contributed by atoms with Crippen LogP contribution < -0.4 is 17.1 Å². The second-order valence-electron chi connectivity index (χ2n) is 13.6. The summed E-state index contributed by atoms with van der Waals surface area (Å²) in [7, 11) is -8.46. The molecule has 0 aliphatic heterocycles. The Bertz CT molecular complexity index is 2050. The first kappa shape index (κ1) is 37.7. The molecule has 1 atom stereocenters. The summed E-state index contributed by atoms with van der Waals surface area (Å²) in [5, 5.41) is 11.9. The topological polar surface area (TPSA) is 192 Å². The molecule has 264 valence electrons. The number of hydrogen-bond donors (Lipinski definition) is 4. The first-order valence-corrected chi connectivity index (χ1v) is 18.6. The Morgan fingerprint density at radius 1 is 0.776 bits per heavy atom. The van der Waals surface area contributed by atoms with Crippen molar-refractivity contribution in [3.05, 3.63) is 84.9 Å². The molecule has 15 heteroatoms. The highest BCUT2D eigenvalue weighted by atomic mass is 32.2. The second-order valence-corrected chi connectivity index (χ2v) is 17.1. The van der Waals surface area contributed by atoms with E-state index in [9.17, 15) is 21.6 Å². The highest BCUT2D eigenvalue weighted by Gasteiger charge is 2.41. The van der Waals surface area contributed by atoms with Crippen LogP contribution in [0.1, 0.15) is 54.4 Å². The molecule has 13 nitrogen and oxygen atoms in total. The van der Waals surface area contributed by atoms with Gasteiger partial charge >= 0.3 is 5.97 Å². The van der Waals surface area contributed by atoms with Crippen molar-refractivity contribution in [2.45, 2.75) is 81.3 Å². The van der Waals surface area contributed by atoms with E-state index in [1.54, 1.807) is 90.1 Å². The lowest BCUT2D eigenvalue weighted by atomic mass is 10.1. The van der Waals surface area contributed by atoms with E-state index in [0.29, 0.717) is 10.8 Å². The highest BCUT2D eigenvalue weighted by Crippen LogP contribution is 2.32. The van der Waals surface area contributed by atoms with Crippen molar-refractivity contribution >= 4 is 53.5 Å². The Morgan fingerprint density at radius 2 is 1.24 bits per heavy atom. The van der Waals surface area contributed by atoms with Crippen molar-refractivity contribution in [1.82, 2.24) is 19.4 Å². The second kappa shape index (κ2) is 14.4. The number of fused-ring (bicyclic) bond motifs is 2. The molecular formula is C34H45N7O6S2. The Kier molecular flexibility index (Phi) is 11.1. The lowest BCUT2D eigenvalue weighted by Gasteiger charge is -2.42. The number of hydrazine groups is 2. The fraction of sp³-hybridized carbons (Fsp3) is 0.353. The van der Waals surface area contributed by atoms with E-state index in [0.717, 1.165) is 24.6 Å². The van der Waals surface area contributed by atoms with E-state index in [1.165, 1.54) is 12.1 Å². The summed E-state index contributed by atoms with van der Waals surface area (Å²) >= 11 is 0. The zero-order chi connectivity index (χ0) is 36.4. The van der Waals surface area contributed by atoms with Gasteiger partial charge in [-0.2, -0.15) is 0 Å². The Hall–Kier alpha value is -4.12. The third-order valence-electron chi connectivity index (χ3n) is 7.62. The molecule has 0 heterocycles. The summed E-state index contributed by atoms with van der Waals surface area (Å²) < 4.78 is 58.0. The number of carbonyl (C=O) groups is 1. The van der Waals surface area contributed by atoms with Gasteiger partial charge in [-0.05, 0) is 77.3 Å². The van der Waals surface area contributed by atoms with Crippen LogP contribution in [0.3, 0.4) is 0 Å². The van der Waals surface area contributed by atoms with Gasteiger partial charge in [-0.15, -0.1) is 4.41 Å². The number of hydrogen-bond acceptors (Lipinski definition) is 9. The molecule has 0 saturated heterocycles. The van der Waals surface area contributed by atoms with Crippen LogP contribution in [0.4, 0.5) is 0 Å². The predicted molar refractivity (Wildman–Crippen MR) is 191 cm³/mol. The zero-order valence-electron chi connectivity index (χ0n) is 28.5. The first-order valence-electron chi connectivity index (χ1n) is 15.7. The van der Waals surface area contributed by atoms with Crippen molar-refractivity contribution < 1.29 is 26.5 Å². The maximum absolute atomic E-state index is 14.2. The van der Waals surface area contributed by atoms with Gasteiger partial charge in [0, 0.05) is 28.4 Å². The third-order valence-corrected chi connectivity index (χ3v) is 11.7. The van der Waals surface area contributed by atoms with E-state index in [-0.39, 0.29) is 29.2 Å². The Morgan fingerprint density at radius 3 is 1.71 bits per heavy atom. The minimum atomic E-state index is -4.24. The number of guanidine groups is 1. The quantitative estimate of drug-likeness (QED) is 0.0927. The van der Waals surface area contributed by atoms with Crippen molar-refractivity contribution in [1.29, 1.82) is 5.41 Å². The first-order chi connectivity index (χ1) is 22.8. The van der Waals surface area contributed by atoms with Gasteiger partial charge in [0.2, 0.25) is 5.96 Å². The zero-order valence-corrected chi connectivity index (χ0v) is 30.2. The molecule has 0 amide bonds. The molecule has 0 aromatic heterocycles. The molecule has 4 aromatic carbocycles. The van der Waals surface area contributed by atoms with Gasteiger partial charge in [-0.3, -0.25) is 10.4 Å². The molecule has 0 spiro atoms. The molecule has 0 aliphatic rings. The van der Waals surface area contributed by atoms with Crippen molar-refractivity contribution in [3.63, 3.8) is 0 Å². The molecule has 49 heavy (non-hydrogen) atoms. The van der Waals surface area contributed by atoms with E-state index in [1.807, 2.05) is 24.3 Å². The SMILES string of the molecule is CC(C)(C)N(NOC(=O)[C@@H](N)CCCN(C(=N)N)N(C(C)(C)C)S(=O)(=O)c1cccc2ccccc12)S(=O)(=O)c1cccc2ccccc12. The minimum Gasteiger partial charge on any atom is -0.369 e. The molecular weight excluding hydrogens is 667 g/mol. The normalized spacial score (nSPS) is 13.6. The van der Waals surface area contributed by atoms with Gasteiger partial charge < -0.3 is 16.3 Å². The van der Waals surface area contributed by atoms with Crippen LogP contribution in [0, 0.1) is 5.41 Å². The van der Waals surface area contributed by atoms with Gasteiger partial charge in [0.25, 0.3) is 20.0 Å². The largest absolute Gasteiger partial charge is 0.369 e. The fourth-order valence-corrected chi connectivity index (χ4v) is 9.30. The van der Waals surface area contributed by atoms with Gasteiger partial charge in [0.1, 0.15) is 6.04 Å². The number of rotatable bonds is 12. The van der Waals surface area contributed by atoms with Gasteiger partial charge in [-0.1, -0.05) is 82.8 Å². The van der Waals surface area contributed by atoms with E-state index in [2.05, 4.69) is 5.59 Å². The molecule has 4 aromatic rings. The van der Waals surface area contributed by atoms with Crippen LogP contribution in [0.2, 0.25) is 0 Å². The van der Waals surface area contributed by atoms with Crippen LogP contribution in [0.15, 0.2) is 94.7 Å². The number of benzene rings is 4. The average Bonchev–Trinajstić information content (AvgIpc) is 3.01. The average molecular weight is 712 g/mol. The van der Waals surface area contributed by atoms with E-state index < -0.39 is 49.1 Å². The summed E-state index contributed by atoms with van der Waals surface area (Å²) in [5.74, 6) is -1.45. The number of nitrogens with zero attached hydrogens (tertiary/aromatic N) is 3. The summed E-state index contributed by atoms with van der Waals surface area (Å²) in [6, 6.07) is 22.8. The summed E-state index contributed by atoms with van der Waals surface area (Å²) in [6.07, 6.45) is 0.132. The number of nitrogens with one attached hydrogen (secondary N) is 2. The lowest BCUT2D eigenvalue weighted by Crippen LogP contribution is -2.59. The standard InChI is InChI=1S/C34H45N7O6S2/c1-33(2,3)40(48(43,44)29-21-11-16-24-14-7-9-18-26(24)29)38-47-31(42)28(35)20-13-23-39(32(36)37)41(34(4,5)6)49(45,46)30-22-12-17-25-15-8-10-19-27(25)30/h7-12,14-19,21-22,28,38H,13,20,23,35H2,1-6H3,(H3,36,37)/t28-/m0/s1. The van der Waals surface area contributed by atoms with Crippen molar-refractivity contribution in [2.24, 2.45) is 11.5 Å². The highest BCUT2D eigenvalue weighted by molar-refractivity contribution is 7.89. The maximum atomic E-state index is 14.2. The van der Waals surface area contributed by atoms with Crippen LogP contribution in [0.25, 0.3) is 21.5 Å². The Labute approximate surface area is 288 Å². The van der Waals surface area contributed by atoms with E-state index >= 15 is 0 Å². The summed E-state index contributed by atoms with van der Waals surface area (Å²) in [5.41, 5.74) is 12.3. The van der Waals surface area contributed by atoms with Crippen LogP contribution in [-0.2, 0) is 29.7 Å². The molecule has 0 bridgehead atoms. The smallest absolute Gasteiger partial charge is 0.343 e. The van der Waals surface area contributed by atoms with Gasteiger partial charge in [0.15, 0.2) is 0 Å². The summed E-state index contributed by atoms with van der Waals surface area (Å²) in [4.78, 5) is 18.3. The van der Waals surface area contributed by atoms with Crippen molar-refractivity contribution in [3.8, 4) is 0 Å². The van der Waals surface area contributed by atoms with Crippen molar-refractivity contribution in [2.75, 3.05) is 6.54 Å². The van der Waals surface area contributed by atoms with Crippen LogP contribution in [0.5, 0.6) is 0 Å². The van der Waals surface area contributed by atoms with E-state index in [4.69, 9.17) is 21.7 Å². The Balaban J connectivity index is 1.49. The minimum absolute atomic E-state index is 0.00216. The molecule has 0 unspecified atom stereocenters. The molecule has 0 saturated carbocycles. The molecule has 0 fully saturated rings. The maximum Gasteiger partial charge on any atom is 0.343 e. The molecule has 0 aliphatic carbocycles. The summed E-state index contributed by atoms with van der Waals surface area (Å²) in [6.45, 7) is 9.91. The molecule has 0 radical (unpaired) electrons. The third kappa shape index (κ3) is 8.20. The number of nitrogens with two attached hydrogens (primary N) is 2. The van der Waals surface area contributed by atoms with Gasteiger partial charge in [0.05, 0.1) is 9.79 Å². The number of sulfonamides is 2. The molecule has 6 N–H and O–H groups in total.